The van der Waals surface area contributed by atoms with E-state index in [1.807, 2.05) is 37.3 Å². The number of rotatable bonds is 4. The van der Waals surface area contributed by atoms with E-state index in [9.17, 15) is 4.79 Å². The van der Waals surface area contributed by atoms with Crippen molar-refractivity contribution < 1.29 is 4.79 Å². The summed E-state index contributed by atoms with van der Waals surface area (Å²) in [6, 6.07) is 12.9. The molecular formula is C20H17BrCl2N2OS. The van der Waals surface area contributed by atoms with Crippen molar-refractivity contribution in [2.45, 2.75) is 26.8 Å². The summed E-state index contributed by atoms with van der Waals surface area (Å²) in [7, 11) is 0. The summed E-state index contributed by atoms with van der Waals surface area (Å²) in [6.07, 6.45) is 0.832. The van der Waals surface area contributed by atoms with Crippen LogP contribution in [0.1, 0.15) is 29.1 Å². The number of benzene rings is 2. The van der Waals surface area contributed by atoms with Crippen LogP contribution in [0.4, 0.5) is 0 Å². The van der Waals surface area contributed by atoms with E-state index < -0.39 is 0 Å². The Morgan fingerprint density at radius 2 is 1.89 bits per heavy atom. The molecule has 0 aliphatic carbocycles. The summed E-state index contributed by atoms with van der Waals surface area (Å²) in [5, 5.41) is 1.03. The molecule has 0 N–H and O–H groups in total. The summed E-state index contributed by atoms with van der Waals surface area (Å²) < 4.78 is 2.79. The number of aryl methyl sites for hydroxylation is 1. The lowest BCUT2D eigenvalue weighted by Crippen LogP contribution is -2.17. The van der Waals surface area contributed by atoms with Crippen molar-refractivity contribution in [3.8, 4) is 11.3 Å². The Morgan fingerprint density at radius 1 is 1.15 bits per heavy atom. The standard InChI is InChI=1S/C20H17BrCl2N2OS/c1-3-17-18(12-9-10-15(22)16(23)11-12)25(4-2)20(27-17)24-19(26)13-7-5-6-8-14(13)21/h5-11H,3-4H2,1-2H3. The predicted molar refractivity (Wildman–Crippen MR) is 117 cm³/mol. The van der Waals surface area contributed by atoms with Crippen molar-refractivity contribution in [1.29, 1.82) is 0 Å². The number of hydrogen-bond donors (Lipinski definition) is 0. The van der Waals surface area contributed by atoms with Crippen molar-refractivity contribution in [2.24, 2.45) is 4.99 Å². The van der Waals surface area contributed by atoms with E-state index in [1.54, 1.807) is 12.1 Å². The number of thiazole rings is 1. The zero-order chi connectivity index (χ0) is 19.6. The van der Waals surface area contributed by atoms with Crippen LogP contribution in [-0.2, 0) is 13.0 Å². The Hall–Kier alpha value is -1.40. The molecule has 0 atom stereocenters. The second-order valence-corrected chi connectivity index (χ2v) is 8.51. The lowest BCUT2D eigenvalue weighted by atomic mass is 10.1. The van der Waals surface area contributed by atoms with Crippen molar-refractivity contribution >= 4 is 56.4 Å². The van der Waals surface area contributed by atoms with Gasteiger partial charge in [-0.15, -0.1) is 11.3 Å². The molecule has 3 rings (SSSR count). The Morgan fingerprint density at radius 3 is 2.52 bits per heavy atom. The number of carbonyl (C=O) groups excluding carboxylic acids is 1. The van der Waals surface area contributed by atoms with Gasteiger partial charge in [-0.2, -0.15) is 4.99 Å². The first-order valence-corrected chi connectivity index (χ1v) is 10.8. The van der Waals surface area contributed by atoms with E-state index in [-0.39, 0.29) is 5.91 Å². The first-order valence-electron chi connectivity index (χ1n) is 8.47. The van der Waals surface area contributed by atoms with Crippen LogP contribution in [-0.4, -0.2) is 10.5 Å². The summed E-state index contributed by atoms with van der Waals surface area (Å²) in [5.74, 6) is -0.269. The number of hydrogen-bond acceptors (Lipinski definition) is 2. The van der Waals surface area contributed by atoms with Gasteiger partial charge in [-0.05, 0) is 53.5 Å². The Labute approximate surface area is 180 Å². The average molecular weight is 484 g/mol. The molecule has 0 spiro atoms. The van der Waals surface area contributed by atoms with E-state index in [0.29, 0.717) is 27.0 Å². The highest BCUT2D eigenvalue weighted by Crippen LogP contribution is 2.32. The summed E-state index contributed by atoms with van der Waals surface area (Å²) in [6.45, 7) is 4.81. The second-order valence-electron chi connectivity index (χ2n) is 5.78. The molecule has 7 heteroatoms. The summed E-state index contributed by atoms with van der Waals surface area (Å²) in [5.41, 5.74) is 2.54. The highest BCUT2D eigenvalue weighted by atomic mass is 79.9. The molecular weight excluding hydrogens is 467 g/mol. The van der Waals surface area contributed by atoms with Gasteiger partial charge in [-0.1, -0.05) is 48.3 Å². The average Bonchev–Trinajstić information content (AvgIpc) is 3.01. The van der Waals surface area contributed by atoms with Crippen LogP contribution >= 0.6 is 50.5 Å². The number of aromatic nitrogens is 1. The van der Waals surface area contributed by atoms with Crippen LogP contribution in [0.25, 0.3) is 11.3 Å². The third kappa shape index (κ3) is 4.21. The minimum Gasteiger partial charge on any atom is -0.316 e. The van der Waals surface area contributed by atoms with Crippen LogP contribution in [0, 0.1) is 0 Å². The SMILES string of the molecule is CCc1sc(=NC(=O)c2ccccc2Br)n(CC)c1-c1ccc(Cl)c(Cl)c1. The van der Waals surface area contributed by atoms with Gasteiger partial charge >= 0.3 is 0 Å². The number of amides is 1. The first-order chi connectivity index (χ1) is 13.0. The Bertz CT molecular complexity index is 1070. The molecule has 0 aliphatic rings. The quantitative estimate of drug-likeness (QED) is 0.411. The molecule has 0 unspecified atom stereocenters. The van der Waals surface area contributed by atoms with Gasteiger partial charge in [-0.25, -0.2) is 0 Å². The molecule has 140 valence electrons. The van der Waals surface area contributed by atoms with Crippen LogP contribution in [0.2, 0.25) is 10.0 Å². The van der Waals surface area contributed by atoms with Gasteiger partial charge in [0.25, 0.3) is 5.91 Å². The molecule has 0 saturated heterocycles. The zero-order valence-corrected chi connectivity index (χ0v) is 18.7. The van der Waals surface area contributed by atoms with Gasteiger partial charge in [0.2, 0.25) is 0 Å². The lowest BCUT2D eigenvalue weighted by molar-refractivity contribution is 0.0997. The van der Waals surface area contributed by atoms with Gasteiger partial charge in [-0.3, -0.25) is 4.79 Å². The van der Waals surface area contributed by atoms with E-state index >= 15 is 0 Å². The summed E-state index contributed by atoms with van der Waals surface area (Å²) in [4.78, 5) is 18.9. The van der Waals surface area contributed by atoms with Gasteiger partial charge in [0.1, 0.15) is 0 Å². The third-order valence-corrected chi connectivity index (χ3v) is 6.76. The maximum absolute atomic E-state index is 12.7. The molecule has 1 aromatic heterocycles. The lowest BCUT2D eigenvalue weighted by Gasteiger charge is -2.09. The number of nitrogens with zero attached hydrogens (tertiary/aromatic N) is 2. The fraction of sp³-hybridized carbons (Fsp3) is 0.200. The zero-order valence-electron chi connectivity index (χ0n) is 14.8. The maximum Gasteiger partial charge on any atom is 0.280 e. The summed E-state index contributed by atoms with van der Waals surface area (Å²) >= 11 is 17.2. The predicted octanol–water partition coefficient (Wildman–Crippen LogP) is 6.61. The Balaban J connectivity index is 2.18. The van der Waals surface area contributed by atoms with E-state index in [0.717, 1.165) is 27.0 Å². The van der Waals surface area contributed by atoms with Crippen LogP contribution in [0.3, 0.4) is 0 Å². The van der Waals surface area contributed by atoms with Gasteiger partial charge in [0.15, 0.2) is 4.80 Å². The van der Waals surface area contributed by atoms with Crippen molar-refractivity contribution in [2.75, 3.05) is 0 Å². The molecule has 0 fully saturated rings. The molecule has 0 radical (unpaired) electrons. The van der Waals surface area contributed by atoms with E-state index in [4.69, 9.17) is 23.2 Å². The van der Waals surface area contributed by atoms with Crippen LogP contribution in [0.15, 0.2) is 51.9 Å². The minimum absolute atomic E-state index is 0.269. The molecule has 3 nitrogen and oxygen atoms in total. The van der Waals surface area contributed by atoms with E-state index in [1.165, 1.54) is 11.3 Å². The normalized spacial score (nSPS) is 11.8. The minimum atomic E-state index is -0.269. The third-order valence-electron chi connectivity index (χ3n) is 4.11. The molecule has 2 aromatic carbocycles. The van der Waals surface area contributed by atoms with E-state index in [2.05, 4.69) is 32.4 Å². The maximum atomic E-state index is 12.7. The van der Waals surface area contributed by atoms with Gasteiger partial charge in [0.05, 0.1) is 21.3 Å². The monoisotopic (exact) mass is 482 g/mol. The van der Waals surface area contributed by atoms with Crippen LogP contribution in [0.5, 0.6) is 0 Å². The fourth-order valence-electron chi connectivity index (χ4n) is 2.82. The molecule has 0 saturated carbocycles. The largest absolute Gasteiger partial charge is 0.316 e. The Kier molecular flexibility index (Phi) is 6.58. The highest BCUT2D eigenvalue weighted by molar-refractivity contribution is 9.10. The molecule has 27 heavy (non-hydrogen) atoms. The van der Waals surface area contributed by atoms with Gasteiger partial charge < -0.3 is 4.57 Å². The van der Waals surface area contributed by atoms with Crippen LogP contribution < -0.4 is 4.80 Å². The van der Waals surface area contributed by atoms with Crippen molar-refractivity contribution in [3.05, 3.63) is 72.2 Å². The molecule has 0 aliphatic heterocycles. The molecule has 0 bridgehead atoms. The molecule has 1 amide bonds. The fourth-order valence-corrected chi connectivity index (χ4v) is 4.72. The molecule has 3 aromatic rings. The number of carbonyl (C=O) groups is 1. The second kappa shape index (κ2) is 8.74. The van der Waals surface area contributed by atoms with Crippen molar-refractivity contribution in [1.82, 2.24) is 4.57 Å². The van der Waals surface area contributed by atoms with Crippen molar-refractivity contribution in [3.63, 3.8) is 0 Å². The topological polar surface area (TPSA) is 34.4 Å². The van der Waals surface area contributed by atoms with Gasteiger partial charge in [0, 0.05) is 21.5 Å². The first kappa shape index (κ1) is 20.3. The molecule has 1 heterocycles. The smallest absolute Gasteiger partial charge is 0.280 e. The number of halogens is 3. The highest BCUT2D eigenvalue weighted by Gasteiger charge is 2.16.